The van der Waals surface area contributed by atoms with Crippen molar-refractivity contribution in [1.82, 2.24) is 4.98 Å². The molecule has 0 bridgehead atoms. The van der Waals surface area contributed by atoms with Gasteiger partial charge in [0.2, 0.25) is 0 Å². The van der Waals surface area contributed by atoms with Crippen LogP contribution in [0.4, 0.5) is 0 Å². The zero-order chi connectivity index (χ0) is 11.7. The zero-order valence-corrected chi connectivity index (χ0v) is 10.6. The molecule has 90 valence electrons. The average Bonchev–Trinajstić information content (AvgIpc) is 3.09. The molecule has 2 aromatic rings. The van der Waals surface area contributed by atoms with Crippen molar-refractivity contribution in [2.24, 2.45) is 5.92 Å². The van der Waals surface area contributed by atoms with Crippen LogP contribution in [0.15, 0.2) is 30.3 Å². The lowest BCUT2D eigenvalue weighted by Gasteiger charge is -2.13. The molecule has 1 saturated carbocycles. The maximum absolute atomic E-state index is 3.63. The lowest BCUT2D eigenvalue weighted by Crippen LogP contribution is -2.01. The van der Waals surface area contributed by atoms with E-state index in [9.17, 15) is 0 Å². The van der Waals surface area contributed by atoms with Crippen molar-refractivity contribution in [2.75, 3.05) is 0 Å². The Bertz CT molecular complexity index is 460. The minimum Gasteiger partial charge on any atom is -0.358 e. The molecule has 1 aliphatic carbocycles. The molecule has 1 heteroatoms. The molecule has 3 rings (SSSR count). The number of para-hydroxylation sites is 1. The van der Waals surface area contributed by atoms with Gasteiger partial charge in [0.15, 0.2) is 0 Å². The standard InChI is InChI=1S/C16H21N/c1-2-3-7-14(12-9-10-12)16-11-13-6-4-5-8-15(13)17-16/h4-6,8,11-12,14,17H,2-3,7,9-10H2,1H3. The SMILES string of the molecule is CCCCC(c1cc2ccccc2[nH]1)C1CC1. The summed E-state index contributed by atoms with van der Waals surface area (Å²) in [5, 5.41) is 1.37. The Morgan fingerprint density at radius 1 is 1.29 bits per heavy atom. The fourth-order valence-corrected chi connectivity index (χ4v) is 2.86. The van der Waals surface area contributed by atoms with Crippen molar-refractivity contribution >= 4 is 10.9 Å². The van der Waals surface area contributed by atoms with E-state index in [4.69, 9.17) is 0 Å². The predicted octanol–water partition coefficient (Wildman–Crippen LogP) is 4.85. The van der Waals surface area contributed by atoms with Gasteiger partial charge in [0.1, 0.15) is 0 Å². The highest BCUT2D eigenvalue weighted by Crippen LogP contribution is 2.45. The Morgan fingerprint density at radius 2 is 2.12 bits per heavy atom. The fourth-order valence-electron chi connectivity index (χ4n) is 2.86. The quantitative estimate of drug-likeness (QED) is 0.751. The molecule has 0 amide bonds. The molecule has 17 heavy (non-hydrogen) atoms. The van der Waals surface area contributed by atoms with Crippen LogP contribution in [-0.2, 0) is 0 Å². The van der Waals surface area contributed by atoms with E-state index in [1.165, 1.54) is 48.7 Å². The van der Waals surface area contributed by atoms with Crippen molar-refractivity contribution in [2.45, 2.75) is 44.9 Å². The van der Waals surface area contributed by atoms with Crippen LogP contribution in [0.5, 0.6) is 0 Å². The van der Waals surface area contributed by atoms with Gasteiger partial charge in [-0.15, -0.1) is 0 Å². The van der Waals surface area contributed by atoms with Crippen LogP contribution in [-0.4, -0.2) is 4.98 Å². The lowest BCUT2D eigenvalue weighted by molar-refractivity contribution is 0.522. The second-order valence-electron chi connectivity index (χ2n) is 5.40. The summed E-state index contributed by atoms with van der Waals surface area (Å²) in [5.41, 5.74) is 2.77. The molecule has 1 aromatic heterocycles. The largest absolute Gasteiger partial charge is 0.358 e. The van der Waals surface area contributed by atoms with E-state index < -0.39 is 0 Å². The Labute approximate surface area is 103 Å². The van der Waals surface area contributed by atoms with Gasteiger partial charge in [-0.25, -0.2) is 0 Å². The van der Waals surface area contributed by atoms with E-state index in [2.05, 4.69) is 42.2 Å². The van der Waals surface area contributed by atoms with Crippen molar-refractivity contribution < 1.29 is 0 Å². The predicted molar refractivity (Wildman–Crippen MR) is 73.3 cm³/mol. The number of nitrogens with one attached hydrogen (secondary N) is 1. The Kier molecular flexibility index (Phi) is 2.92. The van der Waals surface area contributed by atoms with Crippen molar-refractivity contribution in [1.29, 1.82) is 0 Å². The molecular weight excluding hydrogens is 206 g/mol. The molecule has 0 spiro atoms. The third-order valence-electron chi connectivity index (χ3n) is 4.01. The summed E-state index contributed by atoms with van der Waals surface area (Å²) in [6.45, 7) is 2.29. The highest BCUT2D eigenvalue weighted by Gasteiger charge is 2.32. The number of aromatic nitrogens is 1. The number of rotatable bonds is 5. The second kappa shape index (κ2) is 4.56. The van der Waals surface area contributed by atoms with Crippen molar-refractivity contribution in [3.8, 4) is 0 Å². The minimum atomic E-state index is 0.780. The normalized spacial score (nSPS) is 17.5. The minimum absolute atomic E-state index is 0.780. The summed E-state index contributed by atoms with van der Waals surface area (Å²) in [4.78, 5) is 3.63. The molecule has 0 radical (unpaired) electrons. The van der Waals surface area contributed by atoms with E-state index in [0.29, 0.717) is 0 Å². The summed E-state index contributed by atoms with van der Waals surface area (Å²) in [6, 6.07) is 11.0. The van der Waals surface area contributed by atoms with Gasteiger partial charge in [-0.2, -0.15) is 0 Å². The number of hydrogen-bond donors (Lipinski definition) is 1. The molecule has 1 atom stereocenters. The molecule has 0 aliphatic heterocycles. The van der Waals surface area contributed by atoms with Crippen LogP contribution >= 0.6 is 0 Å². The van der Waals surface area contributed by atoms with Gasteiger partial charge in [0.25, 0.3) is 0 Å². The summed E-state index contributed by atoms with van der Waals surface area (Å²) in [6.07, 6.45) is 6.89. The molecule has 1 nitrogen and oxygen atoms in total. The van der Waals surface area contributed by atoms with Crippen LogP contribution in [0.2, 0.25) is 0 Å². The number of unbranched alkanes of at least 4 members (excludes halogenated alkanes) is 1. The fraction of sp³-hybridized carbons (Fsp3) is 0.500. The molecule has 1 N–H and O–H groups in total. The van der Waals surface area contributed by atoms with Crippen LogP contribution in [0, 0.1) is 5.92 Å². The first-order valence-corrected chi connectivity index (χ1v) is 6.96. The summed E-state index contributed by atoms with van der Waals surface area (Å²) in [5.74, 6) is 1.73. The molecule has 1 fully saturated rings. The average molecular weight is 227 g/mol. The van der Waals surface area contributed by atoms with Gasteiger partial charge >= 0.3 is 0 Å². The maximum Gasteiger partial charge on any atom is 0.0456 e. The number of H-pyrrole nitrogens is 1. The van der Waals surface area contributed by atoms with E-state index in [1.807, 2.05) is 0 Å². The molecule has 0 saturated heterocycles. The summed E-state index contributed by atoms with van der Waals surface area (Å²) >= 11 is 0. The van der Waals surface area contributed by atoms with Gasteiger partial charge in [0.05, 0.1) is 0 Å². The Balaban J connectivity index is 1.88. The first-order chi connectivity index (χ1) is 8.38. The van der Waals surface area contributed by atoms with E-state index >= 15 is 0 Å². The molecule has 1 aliphatic rings. The Hall–Kier alpha value is -1.24. The van der Waals surface area contributed by atoms with Crippen molar-refractivity contribution in [3.63, 3.8) is 0 Å². The third kappa shape index (κ3) is 2.24. The smallest absolute Gasteiger partial charge is 0.0456 e. The second-order valence-corrected chi connectivity index (χ2v) is 5.40. The zero-order valence-electron chi connectivity index (χ0n) is 10.6. The molecule has 1 heterocycles. The molecule has 1 aromatic carbocycles. The monoisotopic (exact) mass is 227 g/mol. The van der Waals surface area contributed by atoms with Crippen LogP contribution in [0.25, 0.3) is 10.9 Å². The maximum atomic E-state index is 3.63. The van der Waals surface area contributed by atoms with Gasteiger partial charge in [-0.05, 0) is 42.7 Å². The summed E-state index contributed by atoms with van der Waals surface area (Å²) < 4.78 is 0. The first-order valence-electron chi connectivity index (χ1n) is 6.96. The van der Waals surface area contributed by atoms with Gasteiger partial charge in [-0.3, -0.25) is 0 Å². The van der Waals surface area contributed by atoms with Crippen LogP contribution in [0.1, 0.15) is 50.6 Å². The van der Waals surface area contributed by atoms with Crippen molar-refractivity contribution in [3.05, 3.63) is 36.0 Å². The molecular formula is C16H21N. The third-order valence-corrected chi connectivity index (χ3v) is 4.01. The lowest BCUT2D eigenvalue weighted by atomic mass is 9.93. The number of hydrogen-bond acceptors (Lipinski definition) is 0. The molecule has 1 unspecified atom stereocenters. The van der Waals surface area contributed by atoms with E-state index in [-0.39, 0.29) is 0 Å². The van der Waals surface area contributed by atoms with Gasteiger partial charge < -0.3 is 4.98 Å². The highest BCUT2D eigenvalue weighted by molar-refractivity contribution is 5.80. The number of fused-ring (bicyclic) bond motifs is 1. The van der Waals surface area contributed by atoms with Gasteiger partial charge in [-0.1, -0.05) is 38.0 Å². The highest BCUT2D eigenvalue weighted by atomic mass is 14.7. The summed E-state index contributed by atoms with van der Waals surface area (Å²) in [7, 11) is 0. The Morgan fingerprint density at radius 3 is 2.82 bits per heavy atom. The van der Waals surface area contributed by atoms with Crippen LogP contribution < -0.4 is 0 Å². The number of benzene rings is 1. The van der Waals surface area contributed by atoms with Gasteiger partial charge in [0, 0.05) is 17.1 Å². The van der Waals surface area contributed by atoms with Crippen LogP contribution in [0.3, 0.4) is 0 Å². The topological polar surface area (TPSA) is 15.8 Å². The van der Waals surface area contributed by atoms with E-state index in [1.54, 1.807) is 0 Å². The van der Waals surface area contributed by atoms with E-state index in [0.717, 1.165) is 11.8 Å². The first kappa shape index (κ1) is 10.9. The number of aromatic amines is 1.